The van der Waals surface area contributed by atoms with Crippen molar-refractivity contribution in [3.05, 3.63) is 83.5 Å². The SMILES string of the molecule is O=C(COc1ccc2c(c1)OC(=Cc1ccco1)C2=O)Nc1cccc(C(F)(F)F)c1. The summed E-state index contributed by atoms with van der Waals surface area (Å²) in [6.07, 6.45) is -1.58. The summed E-state index contributed by atoms with van der Waals surface area (Å²) in [5.41, 5.74) is -0.539. The van der Waals surface area contributed by atoms with Gasteiger partial charge in [0.1, 0.15) is 17.3 Å². The Balaban J connectivity index is 1.39. The van der Waals surface area contributed by atoms with Crippen molar-refractivity contribution in [1.29, 1.82) is 0 Å². The summed E-state index contributed by atoms with van der Waals surface area (Å²) in [6, 6.07) is 12.1. The number of fused-ring (bicyclic) bond motifs is 1. The summed E-state index contributed by atoms with van der Waals surface area (Å²) in [7, 11) is 0. The second-order valence-corrected chi connectivity index (χ2v) is 6.53. The summed E-state index contributed by atoms with van der Waals surface area (Å²) in [4.78, 5) is 24.4. The molecule has 0 bridgehead atoms. The van der Waals surface area contributed by atoms with Gasteiger partial charge in [-0.25, -0.2) is 0 Å². The van der Waals surface area contributed by atoms with Gasteiger partial charge >= 0.3 is 6.18 Å². The topological polar surface area (TPSA) is 77.8 Å². The number of allylic oxidation sites excluding steroid dienone is 1. The normalized spacial score (nSPS) is 14.3. The minimum Gasteiger partial charge on any atom is -0.484 e. The van der Waals surface area contributed by atoms with Crippen LogP contribution in [0, 0.1) is 0 Å². The smallest absolute Gasteiger partial charge is 0.416 e. The van der Waals surface area contributed by atoms with Gasteiger partial charge in [-0.15, -0.1) is 0 Å². The zero-order valence-corrected chi connectivity index (χ0v) is 15.7. The van der Waals surface area contributed by atoms with Crippen LogP contribution in [0.25, 0.3) is 6.08 Å². The minimum atomic E-state index is -4.51. The Morgan fingerprint density at radius 1 is 1.10 bits per heavy atom. The van der Waals surface area contributed by atoms with E-state index in [4.69, 9.17) is 13.9 Å². The zero-order valence-electron chi connectivity index (χ0n) is 15.7. The number of nitrogens with one attached hydrogen (secondary N) is 1. The molecule has 1 aliphatic rings. The van der Waals surface area contributed by atoms with Gasteiger partial charge in [-0.2, -0.15) is 13.2 Å². The summed E-state index contributed by atoms with van der Waals surface area (Å²) in [5, 5.41) is 2.35. The Bertz CT molecular complexity index is 1170. The average Bonchev–Trinajstić information content (AvgIpc) is 3.34. The number of Topliss-reactive ketones (excluding diaryl/α,β-unsaturated/α-hetero) is 1. The van der Waals surface area contributed by atoms with E-state index in [2.05, 4.69) is 5.32 Å². The summed E-state index contributed by atoms with van der Waals surface area (Å²) in [6.45, 7) is -0.446. The van der Waals surface area contributed by atoms with E-state index in [1.54, 1.807) is 12.1 Å². The lowest BCUT2D eigenvalue weighted by Crippen LogP contribution is -2.20. The quantitative estimate of drug-likeness (QED) is 0.582. The van der Waals surface area contributed by atoms with Crippen LogP contribution in [0.5, 0.6) is 11.5 Å². The Kier molecular flexibility index (Phi) is 5.24. The maximum Gasteiger partial charge on any atom is 0.416 e. The Morgan fingerprint density at radius 2 is 1.94 bits per heavy atom. The van der Waals surface area contributed by atoms with Crippen LogP contribution in [0.1, 0.15) is 21.7 Å². The molecule has 1 N–H and O–H groups in total. The molecule has 0 fully saturated rings. The highest BCUT2D eigenvalue weighted by Crippen LogP contribution is 2.35. The highest BCUT2D eigenvalue weighted by Gasteiger charge is 2.30. The Morgan fingerprint density at radius 3 is 2.68 bits per heavy atom. The maximum absolute atomic E-state index is 12.8. The van der Waals surface area contributed by atoms with E-state index in [1.807, 2.05) is 0 Å². The molecule has 0 aliphatic carbocycles. The molecular formula is C22H14F3NO5. The van der Waals surface area contributed by atoms with E-state index in [9.17, 15) is 22.8 Å². The van der Waals surface area contributed by atoms with Crippen molar-refractivity contribution in [2.24, 2.45) is 0 Å². The van der Waals surface area contributed by atoms with Crippen molar-refractivity contribution < 1.29 is 36.7 Å². The number of halogens is 3. The fourth-order valence-corrected chi connectivity index (χ4v) is 2.88. The Hall–Kier alpha value is -4.01. The highest BCUT2D eigenvalue weighted by molar-refractivity contribution is 6.14. The Labute approximate surface area is 173 Å². The molecule has 9 heteroatoms. The number of hydrogen-bond acceptors (Lipinski definition) is 5. The third-order valence-corrected chi connectivity index (χ3v) is 4.30. The molecule has 6 nitrogen and oxygen atoms in total. The number of alkyl halides is 3. The lowest BCUT2D eigenvalue weighted by atomic mass is 10.1. The second-order valence-electron chi connectivity index (χ2n) is 6.53. The predicted molar refractivity (Wildman–Crippen MR) is 104 cm³/mol. The predicted octanol–water partition coefficient (Wildman–Crippen LogP) is 4.93. The summed E-state index contributed by atoms with van der Waals surface area (Å²) >= 11 is 0. The molecule has 4 rings (SSSR count). The van der Waals surface area contributed by atoms with E-state index in [-0.39, 0.29) is 28.7 Å². The first-order valence-corrected chi connectivity index (χ1v) is 9.01. The maximum atomic E-state index is 12.8. The average molecular weight is 429 g/mol. The standard InChI is InChI=1S/C22H14F3NO5/c23-22(24,25)13-3-1-4-14(9-13)26-20(27)12-30-16-6-7-17-18(10-16)31-19(21(17)28)11-15-5-2-8-29-15/h1-11H,12H2,(H,26,27). The van der Waals surface area contributed by atoms with Crippen LogP contribution in [0.4, 0.5) is 18.9 Å². The number of furan rings is 1. The van der Waals surface area contributed by atoms with Gasteiger partial charge in [-0.05, 0) is 42.5 Å². The van der Waals surface area contributed by atoms with Crippen molar-refractivity contribution in [3.63, 3.8) is 0 Å². The molecule has 3 aromatic rings. The summed E-state index contributed by atoms with van der Waals surface area (Å²) < 4.78 is 54.4. The number of anilines is 1. The molecule has 0 saturated heterocycles. The number of hydrogen-bond donors (Lipinski definition) is 1. The molecule has 0 spiro atoms. The van der Waals surface area contributed by atoms with Crippen LogP contribution in [0.3, 0.4) is 0 Å². The molecule has 1 aliphatic heterocycles. The molecule has 1 aromatic heterocycles. The largest absolute Gasteiger partial charge is 0.484 e. The van der Waals surface area contributed by atoms with Gasteiger partial charge in [0, 0.05) is 17.8 Å². The molecule has 0 unspecified atom stereocenters. The van der Waals surface area contributed by atoms with E-state index in [0.717, 1.165) is 12.1 Å². The van der Waals surface area contributed by atoms with Crippen molar-refractivity contribution >= 4 is 23.5 Å². The lowest BCUT2D eigenvalue weighted by molar-refractivity contribution is -0.137. The van der Waals surface area contributed by atoms with E-state index in [0.29, 0.717) is 11.3 Å². The first-order valence-electron chi connectivity index (χ1n) is 9.01. The molecule has 0 saturated carbocycles. The number of amides is 1. The molecule has 0 atom stereocenters. The van der Waals surface area contributed by atoms with Gasteiger partial charge in [-0.3, -0.25) is 9.59 Å². The van der Waals surface area contributed by atoms with Gasteiger partial charge in [0.05, 0.1) is 17.4 Å². The number of benzene rings is 2. The molecule has 0 radical (unpaired) electrons. The van der Waals surface area contributed by atoms with Gasteiger partial charge in [0.25, 0.3) is 5.91 Å². The number of ether oxygens (including phenoxy) is 2. The van der Waals surface area contributed by atoms with Crippen LogP contribution in [-0.4, -0.2) is 18.3 Å². The second kappa shape index (κ2) is 8.02. The van der Waals surface area contributed by atoms with Crippen molar-refractivity contribution in [1.82, 2.24) is 0 Å². The minimum absolute atomic E-state index is 0.000913. The fourth-order valence-electron chi connectivity index (χ4n) is 2.88. The van der Waals surface area contributed by atoms with Gasteiger partial charge in [0.2, 0.25) is 5.78 Å². The number of carbonyl (C=O) groups is 2. The first kappa shape index (κ1) is 20.3. The van der Waals surface area contributed by atoms with Gasteiger partial charge < -0.3 is 19.2 Å². The van der Waals surface area contributed by atoms with Crippen molar-refractivity contribution in [2.75, 3.05) is 11.9 Å². The van der Waals surface area contributed by atoms with E-state index < -0.39 is 24.3 Å². The zero-order chi connectivity index (χ0) is 22.0. The first-order chi connectivity index (χ1) is 14.8. The monoisotopic (exact) mass is 429 g/mol. The van der Waals surface area contributed by atoms with Crippen molar-refractivity contribution in [2.45, 2.75) is 6.18 Å². The third-order valence-electron chi connectivity index (χ3n) is 4.30. The van der Waals surface area contributed by atoms with Gasteiger partial charge in [-0.1, -0.05) is 6.07 Å². The van der Waals surface area contributed by atoms with Crippen molar-refractivity contribution in [3.8, 4) is 11.5 Å². The molecule has 158 valence electrons. The van der Waals surface area contributed by atoms with Crippen LogP contribution in [0.15, 0.2) is 71.0 Å². The van der Waals surface area contributed by atoms with Crippen LogP contribution in [-0.2, 0) is 11.0 Å². The number of ketones is 1. The molecule has 2 heterocycles. The number of carbonyl (C=O) groups excluding carboxylic acids is 2. The number of rotatable bonds is 5. The molecule has 1 amide bonds. The summed E-state index contributed by atoms with van der Waals surface area (Å²) in [5.74, 6) is 0.0994. The third kappa shape index (κ3) is 4.61. The molecule has 2 aromatic carbocycles. The van der Waals surface area contributed by atoms with E-state index in [1.165, 1.54) is 42.7 Å². The fraction of sp³-hybridized carbons (Fsp3) is 0.0909. The van der Waals surface area contributed by atoms with Crippen LogP contribution >= 0.6 is 0 Å². The van der Waals surface area contributed by atoms with E-state index >= 15 is 0 Å². The van der Waals surface area contributed by atoms with Gasteiger partial charge in [0.15, 0.2) is 12.4 Å². The lowest BCUT2D eigenvalue weighted by Gasteiger charge is -2.11. The molecular weight excluding hydrogens is 415 g/mol. The van der Waals surface area contributed by atoms with Crippen LogP contribution in [0.2, 0.25) is 0 Å². The van der Waals surface area contributed by atoms with Crippen LogP contribution < -0.4 is 14.8 Å². The highest BCUT2D eigenvalue weighted by atomic mass is 19.4. The molecule has 31 heavy (non-hydrogen) atoms.